The van der Waals surface area contributed by atoms with Gasteiger partial charge in [0.05, 0.1) is 11.8 Å². The Labute approximate surface area is 121 Å². The van der Waals surface area contributed by atoms with E-state index in [9.17, 15) is 13.2 Å². The van der Waals surface area contributed by atoms with Gasteiger partial charge in [-0.3, -0.25) is 4.28 Å². The van der Waals surface area contributed by atoms with Gasteiger partial charge in [0.15, 0.2) is 0 Å². The average molecular weight is 305 g/mol. The molecule has 0 aliphatic heterocycles. The molecule has 0 unspecified atom stereocenters. The van der Waals surface area contributed by atoms with Crippen LogP contribution in [0.25, 0.3) is 0 Å². The van der Waals surface area contributed by atoms with Crippen LogP contribution in [0.3, 0.4) is 0 Å². The number of aromatic carboxylic acids is 1. The molecule has 2 rings (SSSR count). The highest BCUT2D eigenvalue weighted by Gasteiger charge is 2.16. The Morgan fingerprint density at radius 2 is 1.67 bits per heavy atom. The van der Waals surface area contributed by atoms with E-state index in [1.807, 2.05) is 6.07 Å². The zero-order chi connectivity index (χ0) is 15.3. The molecule has 0 atom stereocenters. The Hall–Kier alpha value is -2.67. The molecule has 0 radical (unpaired) electrons. The monoisotopic (exact) mass is 305 g/mol. The zero-order valence-corrected chi connectivity index (χ0v) is 11.5. The summed E-state index contributed by atoms with van der Waals surface area (Å²) in [6, 6.07) is 13.5. The van der Waals surface area contributed by atoms with Gasteiger partial charge in [0, 0.05) is 0 Å². The van der Waals surface area contributed by atoms with Crippen LogP contribution >= 0.6 is 0 Å². The van der Waals surface area contributed by atoms with E-state index in [1.54, 1.807) is 24.3 Å². The number of rotatable bonds is 5. The highest BCUT2D eigenvalue weighted by Crippen LogP contribution is 2.14. The smallest absolute Gasteiger partial charge is 0.358 e. The molecular weight excluding hydrogens is 294 g/mol. The fraction of sp³-hybridized carbons (Fsp3) is 0. The predicted octanol–water partition coefficient (Wildman–Crippen LogP) is 2.12. The first kappa shape index (κ1) is 14.7. The van der Waals surface area contributed by atoms with Gasteiger partial charge in [-0.05, 0) is 29.8 Å². The molecule has 0 spiro atoms. The van der Waals surface area contributed by atoms with Crippen molar-refractivity contribution in [2.45, 2.75) is 4.90 Å². The van der Waals surface area contributed by atoms with Crippen molar-refractivity contribution in [2.24, 2.45) is 5.16 Å². The second kappa shape index (κ2) is 6.19. The number of hydrogen-bond acceptors (Lipinski definition) is 5. The molecule has 2 aromatic carbocycles. The maximum absolute atomic E-state index is 11.8. The first-order valence-corrected chi connectivity index (χ1v) is 7.25. The van der Waals surface area contributed by atoms with Gasteiger partial charge < -0.3 is 5.11 Å². The molecule has 0 amide bonds. The summed E-state index contributed by atoms with van der Waals surface area (Å²) in [5, 5.41) is 12.2. The van der Waals surface area contributed by atoms with Crippen LogP contribution in [0.5, 0.6) is 0 Å². The molecule has 0 fully saturated rings. The third-order valence-corrected chi connectivity index (χ3v) is 3.66. The maximum atomic E-state index is 11.8. The summed E-state index contributed by atoms with van der Waals surface area (Å²) in [5.41, 5.74) is 0.677. The molecule has 0 saturated carbocycles. The Bertz CT molecular complexity index is 752. The third kappa shape index (κ3) is 3.90. The summed E-state index contributed by atoms with van der Waals surface area (Å²) < 4.78 is 28.2. The summed E-state index contributed by atoms with van der Waals surface area (Å²) in [6.07, 6.45) is 1.27. The minimum absolute atomic E-state index is 0.0123. The quantitative estimate of drug-likeness (QED) is 0.674. The van der Waals surface area contributed by atoms with Crippen molar-refractivity contribution in [3.63, 3.8) is 0 Å². The second-order valence-corrected chi connectivity index (χ2v) is 5.53. The largest absolute Gasteiger partial charge is 0.478 e. The summed E-state index contributed by atoms with van der Waals surface area (Å²) in [4.78, 5) is 10.5. The van der Waals surface area contributed by atoms with Crippen LogP contribution in [-0.2, 0) is 14.4 Å². The summed E-state index contributed by atoms with van der Waals surface area (Å²) in [6.45, 7) is 0. The molecule has 6 nitrogen and oxygen atoms in total. The van der Waals surface area contributed by atoms with E-state index in [1.165, 1.54) is 18.3 Å². The van der Waals surface area contributed by atoms with Crippen LogP contribution in [-0.4, -0.2) is 25.7 Å². The molecule has 0 saturated heterocycles. The minimum Gasteiger partial charge on any atom is -0.478 e. The van der Waals surface area contributed by atoms with Crippen molar-refractivity contribution in [1.82, 2.24) is 0 Å². The molecule has 0 aromatic heterocycles. The molecule has 0 aliphatic rings. The first-order chi connectivity index (χ1) is 9.99. The van der Waals surface area contributed by atoms with E-state index in [0.29, 0.717) is 5.56 Å². The lowest BCUT2D eigenvalue weighted by molar-refractivity contribution is 0.0696. The van der Waals surface area contributed by atoms with Crippen molar-refractivity contribution in [2.75, 3.05) is 0 Å². The fourth-order valence-electron chi connectivity index (χ4n) is 1.49. The number of hydrogen-bond donors (Lipinski definition) is 1. The van der Waals surface area contributed by atoms with E-state index in [0.717, 1.165) is 12.1 Å². The fourth-order valence-corrected chi connectivity index (χ4v) is 2.20. The van der Waals surface area contributed by atoms with Gasteiger partial charge in [-0.2, -0.15) is 8.42 Å². The van der Waals surface area contributed by atoms with Gasteiger partial charge in [-0.15, -0.1) is 0 Å². The third-order valence-electron chi connectivity index (χ3n) is 2.53. The Kier molecular flexibility index (Phi) is 4.34. The normalized spacial score (nSPS) is 11.4. The van der Waals surface area contributed by atoms with Crippen LogP contribution in [0.15, 0.2) is 64.6 Å². The van der Waals surface area contributed by atoms with Crippen LogP contribution in [0.1, 0.15) is 15.9 Å². The first-order valence-electron chi connectivity index (χ1n) is 5.84. The van der Waals surface area contributed by atoms with Gasteiger partial charge in [0.25, 0.3) is 0 Å². The topological polar surface area (TPSA) is 93.0 Å². The summed E-state index contributed by atoms with van der Waals surface area (Å²) in [5.74, 6) is -1.14. The summed E-state index contributed by atoms with van der Waals surface area (Å²) >= 11 is 0. The molecule has 0 heterocycles. The Morgan fingerprint density at radius 3 is 2.24 bits per heavy atom. The lowest BCUT2D eigenvalue weighted by Gasteiger charge is -2.01. The molecule has 1 N–H and O–H groups in total. The standard InChI is InChI=1S/C14H11NO5S/c16-14(17)12-6-8-13(9-7-12)21(18,19)20-15-10-11-4-2-1-3-5-11/h1-10H,(H,16,17)/b15-10+. The summed E-state index contributed by atoms with van der Waals surface area (Å²) in [7, 11) is -4.06. The maximum Gasteiger partial charge on any atom is 0.358 e. The minimum atomic E-state index is -4.06. The van der Waals surface area contributed by atoms with Gasteiger partial charge in [0.2, 0.25) is 0 Å². The van der Waals surface area contributed by atoms with Gasteiger partial charge in [0.1, 0.15) is 4.90 Å². The SMILES string of the molecule is O=C(O)c1ccc(S(=O)(=O)O/N=C/c2ccccc2)cc1. The molecule has 21 heavy (non-hydrogen) atoms. The Balaban J connectivity index is 2.11. The van der Waals surface area contributed by atoms with Crippen LogP contribution in [0.2, 0.25) is 0 Å². The predicted molar refractivity (Wildman–Crippen MR) is 75.7 cm³/mol. The number of carboxylic acid groups (broad SMARTS) is 1. The van der Waals surface area contributed by atoms with Gasteiger partial charge >= 0.3 is 16.1 Å². The molecule has 7 heteroatoms. The van der Waals surface area contributed by atoms with E-state index in [4.69, 9.17) is 5.11 Å². The molecule has 2 aromatic rings. The van der Waals surface area contributed by atoms with Crippen molar-refractivity contribution in [3.05, 3.63) is 65.7 Å². The second-order valence-electron chi connectivity index (χ2n) is 4.00. The number of carbonyl (C=O) groups is 1. The van der Waals surface area contributed by atoms with E-state index >= 15 is 0 Å². The van der Waals surface area contributed by atoms with Crippen molar-refractivity contribution in [3.8, 4) is 0 Å². The van der Waals surface area contributed by atoms with Gasteiger partial charge in [-0.1, -0.05) is 35.5 Å². The molecule has 108 valence electrons. The average Bonchev–Trinajstić information content (AvgIpc) is 2.48. The zero-order valence-electron chi connectivity index (χ0n) is 10.7. The Morgan fingerprint density at radius 1 is 1.05 bits per heavy atom. The number of carboxylic acids is 1. The number of benzene rings is 2. The highest BCUT2D eigenvalue weighted by atomic mass is 32.2. The molecular formula is C14H11NO5S. The lowest BCUT2D eigenvalue weighted by atomic mass is 10.2. The van der Waals surface area contributed by atoms with Crippen LogP contribution in [0, 0.1) is 0 Å². The van der Waals surface area contributed by atoms with Crippen LogP contribution < -0.4 is 0 Å². The highest BCUT2D eigenvalue weighted by molar-refractivity contribution is 7.86. The van der Waals surface area contributed by atoms with Crippen molar-refractivity contribution < 1.29 is 22.6 Å². The van der Waals surface area contributed by atoms with Crippen molar-refractivity contribution in [1.29, 1.82) is 0 Å². The van der Waals surface area contributed by atoms with Crippen LogP contribution in [0.4, 0.5) is 0 Å². The lowest BCUT2D eigenvalue weighted by Crippen LogP contribution is -2.04. The number of oxime groups is 1. The number of nitrogens with zero attached hydrogens (tertiary/aromatic N) is 1. The van der Waals surface area contributed by atoms with Gasteiger partial charge in [-0.25, -0.2) is 4.79 Å². The molecule has 0 aliphatic carbocycles. The van der Waals surface area contributed by atoms with E-state index in [2.05, 4.69) is 9.44 Å². The van der Waals surface area contributed by atoms with Crippen molar-refractivity contribution >= 4 is 22.3 Å². The van der Waals surface area contributed by atoms with E-state index in [-0.39, 0.29) is 10.5 Å². The molecule has 0 bridgehead atoms. The van der Waals surface area contributed by atoms with E-state index < -0.39 is 16.1 Å².